The summed E-state index contributed by atoms with van der Waals surface area (Å²) in [7, 11) is -3.89. The molecule has 1 fully saturated rings. The van der Waals surface area contributed by atoms with Gasteiger partial charge in [0.2, 0.25) is 15.9 Å². The summed E-state index contributed by atoms with van der Waals surface area (Å²) < 4.78 is 33.9. The quantitative estimate of drug-likeness (QED) is 0.643. The lowest BCUT2D eigenvalue weighted by molar-refractivity contribution is -0.133. The lowest BCUT2D eigenvalue weighted by Crippen LogP contribution is -2.49. The van der Waals surface area contributed by atoms with E-state index in [-0.39, 0.29) is 22.3 Å². The van der Waals surface area contributed by atoms with E-state index in [1.807, 2.05) is 18.2 Å². The average Bonchev–Trinajstić information content (AvgIpc) is 3.30. The zero-order valence-corrected chi connectivity index (χ0v) is 18.7. The Morgan fingerprint density at radius 1 is 1.27 bits per heavy atom. The number of hydrogen-bond acceptors (Lipinski definition) is 7. The molecule has 1 atom stereocenters. The highest BCUT2D eigenvalue weighted by Crippen LogP contribution is 2.34. The van der Waals surface area contributed by atoms with Gasteiger partial charge in [0.15, 0.2) is 5.76 Å². The number of hydrogen-bond donors (Lipinski definition) is 1. The van der Waals surface area contributed by atoms with Crippen molar-refractivity contribution in [2.45, 2.75) is 50.5 Å². The fourth-order valence-electron chi connectivity index (χ4n) is 3.89. The number of benzene rings is 1. The van der Waals surface area contributed by atoms with Crippen molar-refractivity contribution in [3.05, 3.63) is 40.7 Å². The Morgan fingerprint density at radius 3 is 2.60 bits per heavy atom. The molecule has 8 nitrogen and oxygen atoms in total. The van der Waals surface area contributed by atoms with Crippen LogP contribution in [0.25, 0.3) is 10.2 Å². The molecule has 3 heterocycles. The van der Waals surface area contributed by atoms with Gasteiger partial charge in [-0.05, 0) is 45.7 Å². The van der Waals surface area contributed by atoms with E-state index in [1.165, 1.54) is 11.6 Å². The minimum atomic E-state index is -3.89. The van der Waals surface area contributed by atoms with Gasteiger partial charge < -0.3 is 9.42 Å². The van der Waals surface area contributed by atoms with Crippen LogP contribution >= 0.6 is 11.3 Å². The van der Waals surface area contributed by atoms with Gasteiger partial charge in [-0.25, -0.2) is 13.4 Å². The molecule has 160 valence electrons. The van der Waals surface area contributed by atoms with Gasteiger partial charge in [0.25, 0.3) is 0 Å². The Kier molecular flexibility index (Phi) is 5.65. The molecular formula is C20H24N4O4S2. The van der Waals surface area contributed by atoms with E-state index in [1.54, 1.807) is 30.1 Å². The maximum atomic E-state index is 12.8. The lowest BCUT2D eigenvalue weighted by atomic mass is 9.97. The van der Waals surface area contributed by atoms with E-state index in [0.717, 1.165) is 23.4 Å². The van der Waals surface area contributed by atoms with Crippen molar-refractivity contribution in [3.8, 4) is 0 Å². The van der Waals surface area contributed by atoms with Crippen molar-refractivity contribution in [2.24, 2.45) is 0 Å². The number of nitrogens with zero attached hydrogens (tertiary/aromatic N) is 3. The third kappa shape index (κ3) is 3.99. The normalized spacial score (nSPS) is 16.8. The third-order valence-corrected chi connectivity index (χ3v) is 8.39. The molecule has 1 aliphatic rings. The Balaban J connectivity index is 1.39. The van der Waals surface area contributed by atoms with E-state index in [4.69, 9.17) is 9.51 Å². The topological polar surface area (TPSA) is 105 Å². The Labute approximate surface area is 179 Å². The molecule has 0 saturated carbocycles. The standard InChI is InChI=1S/C20H24N4O4S2/c1-12-18(14(3)28-22-12)30(26,27)23-13(2)20(25)24-10-8-15(9-11-24)19-21-16-6-4-5-7-17(16)29-19/h4-7,13,15,23H,8-11H2,1-3H3/t13-/m0/s1. The maximum Gasteiger partial charge on any atom is 0.246 e. The second kappa shape index (κ2) is 8.09. The van der Waals surface area contributed by atoms with E-state index in [0.29, 0.717) is 19.0 Å². The SMILES string of the molecule is Cc1noc(C)c1S(=O)(=O)N[C@@H](C)C(=O)N1CCC(c2nc3ccccc3s2)CC1. The van der Waals surface area contributed by atoms with Gasteiger partial charge in [-0.1, -0.05) is 17.3 Å². The fourth-order valence-corrected chi connectivity index (χ4v) is 6.55. The molecule has 0 unspecified atom stereocenters. The second-order valence-corrected chi connectivity index (χ2v) is 10.3. The number of sulfonamides is 1. The van der Waals surface area contributed by atoms with Crippen LogP contribution in [0.15, 0.2) is 33.7 Å². The van der Waals surface area contributed by atoms with Crippen LogP contribution in [0.1, 0.15) is 42.1 Å². The van der Waals surface area contributed by atoms with Crippen molar-refractivity contribution >= 4 is 37.5 Å². The highest BCUT2D eigenvalue weighted by molar-refractivity contribution is 7.89. The van der Waals surface area contributed by atoms with Crippen LogP contribution in [0, 0.1) is 13.8 Å². The van der Waals surface area contributed by atoms with Crippen molar-refractivity contribution < 1.29 is 17.7 Å². The number of nitrogens with one attached hydrogen (secondary N) is 1. The molecule has 1 amide bonds. The summed E-state index contributed by atoms with van der Waals surface area (Å²) in [5.41, 5.74) is 1.29. The minimum absolute atomic E-state index is 0.00306. The van der Waals surface area contributed by atoms with Gasteiger partial charge in [-0.3, -0.25) is 4.79 Å². The average molecular weight is 449 g/mol. The zero-order valence-electron chi connectivity index (χ0n) is 17.1. The van der Waals surface area contributed by atoms with Crippen molar-refractivity contribution in [1.29, 1.82) is 0 Å². The van der Waals surface area contributed by atoms with Crippen LogP contribution in [0.5, 0.6) is 0 Å². The van der Waals surface area contributed by atoms with Crippen molar-refractivity contribution in [1.82, 2.24) is 19.8 Å². The molecule has 0 aliphatic carbocycles. The lowest BCUT2D eigenvalue weighted by Gasteiger charge is -2.33. The van der Waals surface area contributed by atoms with E-state index in [9.17, 15) is 13.2 Å². The number of aromatic nitrogens is 2. The van der Waals surface area contributed by atoms with Crippen molar-refractivity contribution in [3.63, 3.8) is 0 Å². The summed E-state index contributed by atoms with van der Waals surface area (Å²) in [6, 6.07) is 7.21. The highest BCUT2D eigenvalue weighted by atomic mass is 32.2. The van der Waals surface area contributed by atoms with Crippen molar-refractivity contribution in [2.75, 3.05) is 13.1 Å². The van der Waals surface area contributed by atoms with Gasteiger partial charge in [0.1, 0.15) is 10.6 Å². The molecule has 0 spiro atoms. The van der Waals surface area contributed by atoms with Crippen LogP contribution < -0.4 is 4.72 Å². The maximum absolute atomic E-state index is 12.8. The molecule has 30 heavy (non-hydrogen) atoms. The Bertz CT molecular complexity index is 1120. The zero-order chi connectivity index (χ0) is 21.5. The molecule has 1 aromatic carbocycles. The molecule has 0 bridgehead atoms. The minimum Gasteiger partial charge on any atom is -0.360 e. The first-order valence-electron chi connectivity index (χ1n) is 9.85. The highest BCUT2D eigenvalue weighted by Gasteiger charge is 2.32. The molecule has 1 aliphatic heterocycles. The second-order valence-electron chi connectivity index (χ2n) is 7.62. The monoisotopic (exact) mass is 448 g/mol. The summed E-state index contributed by atoms with van der Waals surface area (Å²) in [5, 5.41) is 4.79. The predicted molar refractivity (Wildman–Crippen MR) is 114 cm³/mol. The first-order chi connectivity index (χ1) is 14.3. The molecular weight excluding hydrogens is 424 g/mol. The summed E-state index contributed by atoms with van der Waals surface area (Å²) in [6.07, 6.45) is 1.63. The molecule has 0 radical (unpaired) electrons. The van der Waals surface area contributed by atoms with Crippen LogP contribution in [0.3, 0.4) is 0 Å². The Morgan fingerprint density at radius 2 is 1.97 bits per heavy atom. The van der Waals surface area contributed by atoms with Gasteiger partial charge in [-0.2, -0.15) is 4.72 Å². The molecule has 1 saturated heterocycles. The third-order valence-electron chi connectivity index (χ3n) is 5.41. The number of piperidine rings is 1. The number of likely N-dealkylation sites (tertiary alicyclic amines) is 1. The number of amides is 1. The Hall–Kier alpha value is -2.30. The van der Waals surface area contributed by atoms with Gasteiger partial charge >= 0.3 is 0 Å². The van der Waals surface area contributed by atoms with E-state index < -0.39 is 16.1 Å². The molecule has 3 aromatic rings. The van der Waals surface area contributed by atoms with Crippen LogP contribution in [0.4, 0.5) is 0 Å². The number of thiazole rings is 1. The number of para-hydroxylation sites is 1. The number of carbonyl (C=O) groups excluding carboxylic acids is 1. The van der Waals surface area contributed by atoms with Crippen LogP contribution in [0.2, 0.25) is 0 Å². The largest absolute Gasteiger partial charge is 0.360 e. The van der Waals surface area contributed by atoms with E-state index in [2.05, 4.69) is 15.9 Å². The summed E-state index contributed by atoms with van der Waals surface area (Å²) in [5.74, 6) is 0.296. The van der Waals surface area contributed by atoms with Crippen LogP contribution in [-0.2, 0) is 14.8 Å². The van der Waals surface area contributed by atoms with Gasteiger partial charge in [0, 0.05) is 19.0 Å². The molecule has 10 heteroatoms. The molecule has 1 N–H and O–H groups in total. The first-order valence-corrected chi connectivity index (χ1v) is 12.2. The number of carbonyl (C=O) groups is 1. The van der Waals surface area contributed by atoms with Gasteiger partial charge in [-0.15, -0.1) is 11.3 Å². The summed E-state index contributed by atoms with van der Waals surface area (Å²) in [4.78, 5) is 19.3. The van der Waals surface area contributed by atoms with Gasteiger partial charge in [0.05, 0.1) is 21.3 Å². The summed E-state index contributed by atoms with van der Waals surface area (Å²) >= 11 is 1.71. The number of rotatable bonds is 5. The smallest absolute Gasteiger partial charge is 0.246 e. The predicted octanol–water partition coefficient (Wildman–Crippen LogP) is 2.97. The summed E-state index contributed by atoms with van der Waals surface area (Å²) in [6.45, 7) is 5.82. The molecule has 4 rings (SSSR count). The van der Waals surface area contributed by atoms with Crippen LogP contribution in [-0.4, -0.2) is 48.5 Å². The fraction of sp³-hybridized carbons (Fsp3) is 0.450. The number of aryl methyl sites for hydroxylation is 2. The number of fused-ring (bicyclic) bond motifs is 1. The molecule has 2 aromatic heterocycles. The first kappa shape index (κ1) is 21.0. The van der Waals surface area contributed by atoms with E-state index >= 15 is 0 Å².